The fraction of sp³-hybridized carbons (Fsp3) is 0.929. The van der Waals surface area contributed by atoms with Gasteiger partial charge in [0.1, 0.15) is 0 Å². The standard InChI is InChI=1S/C14H25N5/c1-13(2,3)19-17-12(16-18-19)10-15-14-7-4-11(5-8-14)6-9-14/h11,15H,4-10H2,1-3H3. The maximum Gasteiger partial charge on any atom is 0.188 e. The fourth-order valence-corrected chi connectivity index (χ4v) is 3.38. The summed E-state index contributed by atoms with van der Waals surface area (Å²) >= 11 is 0. The second-order valence-electron chi connectivity index (χ2n) is 7.28. The van der Waals surface area contributed by atoms with Crippen molar-refractivity contribution in [2.45, 2.75) is 76.9 Å². The van der Waals surface area contributed by atoms with Gasteiger partial charge in [0, 0.05) is 5.54 Å². The third-order valence-corrected chi connectivity index (χ3v) is 4.77. The number of hydrogen-bond acceptors (Lipinski definition) is 4. The molecule has 0 aromatic carbocycles. The first-order valence-electron chi connectivity index (χ1n) is 7.51. The van der Waals surface area contributed by atoms with Crippen molar-refractivity contribution in [1.82, 2.24) is 25.5 Å². The van der Waals surface area contributed by atoms with E-state index in [1.54, 1.807) is 4.80 Å². The molecule has 19 heavy (non-hydrogen) atoms. The van der Waals surface area contributed by atoms with E-state index in [0.29, 0.717) is 5.54 Å². The van der Waals surface area contributed by atoms with Gasteiger partial charge in [-0.1, -0.05) is 0 Å². The molecule has 4 rings (SSSR count). The van der Waals surface area contributed by atoms with Crippen LogP contribution in [-0.2, 0) is 12.1 Å². The number of fused-ring (bicyclic) bond motifs is 3. The van der Waals surface area contributed by atoms with Crippen molar-refractivity contribution < 1.29 is 0 Å². The number of tetrazole rings is 1. The molecule has 1 aromatic rings. The van der Waals surface area contributed by atoms with Gasteiger partial charge in [0.05, 0.1) is 12.1 Å². The van der Waals surface area contributed by atoms with E-state index in [1.807, 2.05) is 0 Å². The smallest absolute Gasteiger partial charge is 0.188 e. The zero-order valence-electron chi connectivity index (χ0n) is 12.3. The second-order valence-corrected chi connectivity index (χ2v) is 7.28. The monoisotopic (exact) mass is 263 g/mol. The molecule has 2 bridgehead atoms. The van der Waals surface area contributed by atoms with Crippen LogP contribution in [0.1, 0.15) is 65.1 Å². The van der Waals surface area contributed by atoms with E-state index in [0.717, 1.165) is 18.3 Å². The predicted molar refractivity (Wildman–Crippen MR) is 73.6 cm³/mol. The Morgan fingerprint density at radius 1 is 1.21 bits per heavy atom. The molecule has 5 heteroatoms. The third kappa shape index (κ3) is 2.66. The SMILES string of the molecule is CC(C)(C)n1nnc(CNC23CCC(CC2)CC3)n1. The van der Waals surface area contributed by atoms with E-state index in [2.05, 4.69) is 41.5 Å². The van der Waals surface area contributed by atoms with E-state index in [1.165, 1.54) is 38.5 Å². The molecule has 0 spiro atoms. The van der Waals surface area contributed by atoms with Gasteiger partial charge in [-0.25, -0.2) is 0 Å². The van der Waals surface area contributed by atoms with Crippen LogP contribution >= 0.6 is 0 Å². The molecule has 5 nitrogen and oxygen atoms in total. The zero-order valence-corrected chi connectivity index (χ0v) is 12.3. The summed E-state index contributed by atoms with van der Waals surface area (Å²) in [7, 11) is 0. The van der Waals surface area contributed by atoms with E-state index in [9.17, 15) is 0 Å². The number of aromatic nitrogens is 4. The Balaban J connectivity index is 1.61. The average Bonchev–Trinajstić information content (AvgIpc) is 2.88. The Morgan fingerprint density at radius 2 is 1.84 bits per heavy atom. The van der Waals surface area contributed by atoms with Crippen LogP contribution in [-0.4, -0.2) is 25.7 Å². The lowest BCUT2D eigenvalue weighted by atomic mass is 9.66. The number of nitrogens with zero attached hydrogens (tertiary/aromatic N) is 4. The van der Waals surface area contributed by atoms with Crippen LogP contribution in [0.25, 0.3) is 0 Å². The lowest BCUT2D eigenvalue weighted by Crippen LogP contribution is -2.51. The van der Waals surface area contributed by atoms with Crippen molar-refractivity contribution in [2.75, 3.05) is 0 Å². The Kier molecular flexibility index (Phi) is 3.12. The van der Waals surface area contributed by atoms with Crippen LogP contribution in [0.15, 0.2) is 0 Å². The summed E-state index contributed by atoms with van der Waals surface area (Å²) in [5, 5.41) is 16.5. The van der Waals surface area contributed by atoms with Crippen molar-refractivity contribution >= 4 is 0 Å². The van der Waals surface area contributed by atoms with Gasteiger partial charge in [-0.15, -0.1) is 10.2 Å². The highest BCUT2D eigenvalue weighted by Crippen LogP contribution is 2.44. The van der Waals surface area contributed by atoms with Crippen molar-refractivity contribution in [3.8, 4) is 0 Å². The third-order valence-electron chi connectivity index (χ3n) is 4.77. The first-order chi connectivity index (χ1) is 8.97. The topological polar surface area (TPSA) is 55.6 Å². The van der Waals surface area contributed by atoms with E-state index < -0.39 is 0 Å². The summed E-state index contributed by atoms with van der Waals surface area (Å²) < 4.78 is 0. The van der Waals surface area contributed by atoms with Crippen LogP contribution in [0.5, 0.6) is 0 Å². The lowest BCUT2D eigenvalue weighted by molar-refractivity contribution is 0.103. The largest absolute Gasteiger partial charge is 0.304 e. The summed E-state index contributed by atoms with van der Waals surface area (Å²) in [6.45, 7) is 7.02. The Morgan fingerprint density at radius 3 is 2.37 bits per heavy atom. The van der Waals surface area contributed by atoms with E-state index >= 15 is 0 Å². The van der Waals surface area contributed by atoms with Gasteiger partial charge in [0.25, 0.3) is 0 Å². The summed E-state index contributed by atoms with van der Waals surface area (Å²) in [4.78, 5) is 1.71. The molecule has 1 heterocycles. The lowest BCUT2D eigenvalue weighted by Gasteiger charge is -2.47. The minimum absolute atomic E-state index is 0.0908. The molecule has 0 aliphatic heterocycles. The quantitative estimate of drug-likeness (QED) is 0.908. The molecule has 1 N–H and O–H groups in total. The van der Waals surface area contributed by atoms with Crippen LogP contribution in [0.3, 0.4) is 0 Å². The minimum atomic E-state index is -0.0908. The normalized spacial score (nSPS) is 30.8. The van der Waals surface area contributed by atoms with Gasteiger partial charge in [-0.3, -0.25) is 0 Å². The molecule has 0 radical (unpaired) electrons. The molecule has 3 aliphatic rings. The first kappa shape index (κ1) is 13.0. The van der Waals surface area contributed by atoms with Gasteiger partial charge in [0.15, 0.2) is 5.82 Å². The zero-order chi connectivity index (χ0) is 13.5. The number of nitrogens with one attached hydrogen (secondary N) is 1. The van der Waals surface area contributed by atoms with Crippen LogP contribution in [0, 0.1) is 5.92 Å². The maximum absolute atomic E-state index is 4.48. The minimum Gasteiger partial charge on any atom is -0.304 e. The molecular formula is C14H25N5. The van der Waals surface area contributed by atoms with Crippen LogP contribution in [0.4, 0.5) is 0 Å². The van der Waals surface area contributed by atoms with Gasteiger partial charge >= 0.3 is 0 Å². The van der Waals surface area contributed by atoms with Crippen molar-refractivity contribution in [1.29, 1.82) is 0 Å². The Bertz CT molecular complexity index is 423. The molecule has 0 unspecified atom stereocenters. The summed E-state index contributed by atoms with van der Waals surface area (Å²) in [5.41, 5.74) is 0.272. The molecule has 0 saturated heterocycles. The number of hydrogen-bond donors (Lipinski definition) is 1. The highest BCUT2D eigenvalue weighted by molar-refractivity contribution is 4.99. The summed E-state index contributed by atoms with van der Waals surface area (Å²) in [6, 6.07) is 0. The molecular weight excluding hydrogens is 238 g/mol. The molecule has 0 amide bonds. The van der Waals surface area contributed by atoms with Crippen molar-refractivity contribution in [3.63, 3.8) is 0 Å². The van der Waals surface area contributed by atoms with Crippen molar-refractivity contribution in [3.05, 3.63) is 5.82 Å². The second kappa shape index (κ2) is 4.54. The first-order valence-corrected chi connectivity index (χ1v) is 7.51. The van der Waals surface area contributed by atoms with Crippen molar-refractivity contribution in [2.24, 2.45) is 5.92 Å². The van der Waals surface area contributed by atoms with Crippen LogP contribution < -0.4 is 5.32 Å². The highest BCUT2D eigenvalue weighted by atomic mass is 15.6. The Hall–Kier alpha value is -0.970. The maximum atomic E-state index is 4.48. The van der Waals surface area contributed by atoms with E-state index in [4.69, 9.17) is 0 Å². The molecule has 106 valence electrons. The number of rotatable bonds is 3. The molecule has 0 atom stereocenters. The van der Waals surface area contributed by atoms with Crippen LogP contribution in [0.2, 0.25) is 0 Å². The molecule has 1 aromatic heterocycles. The van der Waals surface area contributed by atoms with E-state index in [-0.39, 0.29) is 5.54 Å². The predicted octanol–water partition coefficient (Wildman–Crippen LogP) is 2.24. The molecule has 3 aliphatic carbocycles. The van der Waals surface area contributed by atoms with Gasteiger partial charge in [-0.2, -0.15) is 4.80 Å². The van der Waals surface area contributed by atoms with Gasteiger partial charge < -0.3 is 5.32 Å². The Labute approximate surface area is 115 Å². The highest BCUT2D eigenvalue weighted by Gasteiger charge is 2.39. The summed E-state index contributed by atoms with van der Waals surface area (Å²) in [5.74, 6) is 1.82. The summed E-state index contributed by atoms with van der Waals surface area (Å²) in [6.07, 6.45) is 8.17. The molecule has 3 fully saturated rings. The molecule has 3 saturated carbocycles. The fourth-order valence-electron chi connectivity index (χ4n) is 3.38. The van der Waals surface area contributed by atoms with Gasteiger partial charge in [0.2, 0.25) is 0 Å². The van der Waals surface area contributed by atoms with Gasteiger partial charge in [-0.05, 0) is 70.4 Å². The average molecular weight is 263 g/mol.